The fourth-order valence-electron chi connectivity index (χ4n) is 6.02. The van der Waals surface area contributed by atoms with E-state index in [1.54, 1.807) is 11.9 Å². The van der Waals surface area contributed by atoms with E-state index in [9.17, 15) is 24.4 Å². The highest BCUT2D eigenvalue weighted by Gasteiger charge is 2.39. The first-order valence-electron chi connectivity index (χ1n) is 14.9. The molecule has 228 valence electrons. The number of likely N-dealkylation sites (tertiary alicyclic amines) is 1. The largest absolute Gasteiger partial charge is 0.378 e. The van der Waals surface area contributed by atoms with E-state index >= 15 is 0 Å². The summed E-state index contributed by atoms with van der Waals surface area (Å²) in [6, 6.07) is 6.74. The van der Waals surface area contributed by atoms with Crippen LogP contribution in [0, 0.1) is 17.3 Å². The third-order valence-corrected chi connectivity index (χ3v) is 8.67. The van der Waals surface area contributed by atoms with E-state index in [-0.39, 0.29) is 30.3 Å². The predicted octanol–water partition coefficient (Wildman–Crippen LogP) is 3.39. The molecule has 0 spiro atoms. The zero-order valence-corrected chi connectivity index (χ0v) is 25.6. The van der Waals surface area contributed by atoms with Gasteiger partial charge in [-0.1, -0.05) is 46.5 Å². The lowest BCUT2D eigenvalue weighted by molar-refractivity contribution is -0.156. The second-order valence-electron chi connectivity index (χ2n) is 13.0. The van der Waals surface area contributed by atoms with E-state index < -0.39 is 17.4 Å². The van der Waals surface area contributed by atoms with Gasteiger partial charge in [0.25, 0.3) is 5.91 Å². The molecular formula is C31H49N5O5. The Labute approximate surface area is 245 Å². The standard InChI is InChI=1S/C31H49N5O5/c1-31(2,3)27(32-28(38)24(20-36(41)21-37)19-22-9-7-8-10-22)30(40)34(6)26-15-17-35(18-16-26)29(39)23-11-13-25(14-12-23)33(4)5/h11-14,21-22,24,26-27,41H,7-10,15-20H2,1-6H3,(H,32,38). The number of anilines is 1. The highest BCUT2D eigenvalue weighted by atomic mass is 16.5. The number of amides is 4. The Morgan fingerprint density at radius 3 is 2.12 bits per heavy atom. The number of likely N-dealkylation sites (N-methyl/N-ethyl adjacent to an activating group) is 1. The molecule has 4 amide bonds. The van der Waals surface area contributed by atoms with Crippen molar-refractivity contribution >= 4 is 29.8 Å². The third kappa shape index (κ3) is 8.67. The Morgan fingerprint density at radius 2 is 1.61 bits per heavy atom. The van der Waals surface area contributed by atoms with Crippen LogP contribution in [0.4, 0.5) is 5.69 Å². The molecule has 41 heavy (non-hydrogen) atoms. The summed E-state index contributed by atoms with van der Waals surface area (Å²) in [5, 5.41) is 13.4. The predicted molar refractivity (Wildman–Crippen MR) is 158 cm³/mol. The maximum absolute atomic E-state index is 13.8. The number of hydroxylamine groups is 2. The number of rotatable bonds is 11. The van der Waals surface area contributed by atoms with Crippen molar-refractivity contribution in [3.8, 4) is 0 Å². The molecule has 10 nitrogen and oxygen atoms in total. The summed E-state index contributed by atoms with van der Waals surface area (Å²) in [6.45, 7) is 6.75. The van der Waals surface area contributed by atoms with Crippen LogP contribution in [0.5, 0.6) is 0 Å². The first-order chi connectivity index (χ1) is 19.3. The summed E-state index contributed by atoms with van der Waals surface area (Å²) >= 11 is 0. The van der Waals surface area contributed by atoms with Gasteiger partial charge in [-0.3, -0.25) is 24.4 Å². The van der Waals surface area contributed by atoms with Gasteiger partial charge < -0.3 is 20.0 Å². The summed E-state index contributed by atoms with van der Waals surface area (Å²) in [4.78, 5) is 57.0. The molecule has 0 aromatic heterocycles. The lowest BCUT2D eigenvalue weighted by Crippen LogP contribution is -2.58. The Hall–Kier alpha value is -3.14. The van der Waals surface area contributed by atoms with Crippen LogP contribution in [0.2, 0.25) is 0 Å². The van der Waals surface area contributed by atoms with Crippen molar-refractivity contribution in [2.75, 3.05) is 45.7 Å². The first-order valence-corrected chi connectivity index (χ1v) is 14.9. The molecule has 1 aromatic rings. The van der Waals surface area contributed by atoms with Gasteiger partial charge in [0, 0.05) is 51.5 Å². The molecule has 1 heterocycles. The molecule has 1 saturated carbocycles. The number of nitrogens with zero attached hydrogens (tertiary/aromatic N) is 4. The molecule has 1 aliphatic heterocycles. The highest BCUT2D eigenvalue weighted by molar-refractivity contribution is 5.94. The maximum Gasteiger partial charge on any atom is 0.253 e. The minimum Gasteiger partial charge on any atom is -0.378 e. The van der Waals surface area contributed by atoms with Gasteiger partial charge in [-0.25, -0.2) is 5.06 Å². The van der Waals surface area contributed by atoms with E-state index in [1.165, 1.54) is 0 Å². The van der Waals surface area contributed by atoms with Crippen LogP contribution in [0.1, 0.15) is 76.1 Å². The number of nitrogens with one attached hydrogen (secondary N) is 1. The number of hydrogen-bond acceptors (Lipinski definition) is 6. The minimum atomic E-state index is -0.774. The van der Waals surface area contributed by atoms with Gasteiger partial charge >= 0.3 is 0 Å². The zero-order chi connectivity index (χ0) is 30.3. The minimum absolute atomic E-state index is 0.0101. The van der Waals surface area contributed by atoms with Crippen LogP contribution < -0.4 is 10.2 Å². The molecular weight excluding hydrogens is 522 g/mol. The molecule has 3 rings (SSSR count). The van der Waals surface area contributed by atoms with E-state index in [0.29, 0.717) is 55.3 Å². The quantitative estimate of drug-likeness (QED) is 0.239. The molecule has 2 unspecified atom stereocenters. The summed E-state index contributed by atoms with van der Waals surface area (Å²) in [6.07, 6.45) is 6.49. The second kappa shape index (κ2) is 14.2. The Kier molecular flexibility index (Phi) is 11.2. The van der Waals surface area contributed by atoms with Crippen molar-refractivity contribution in [3.05, 3.63) is 29.8 Å². The van der Waals surface area contributed by atoms with Crippen molar-refractivity contribution in [1.29, 1.82) is 0 Å². The van der Waals surface area contributed by atoms with Crippen molar-refractivity contribution in [2.24, 2.45) is 17.3 Å². The van der Waals surface area contributed by atoms with E-state index in [4.69, 9.17) is 0 Å². The fourth-order valence-corrected chi connectivity index (χ4v) is 6.02. The van der Waals surface area contributed by atoms with Gasteiger partial charge in [0.05, 0.1) is 12.5 Å². The van der Waals surface area contributed by atoms with Gasteiger partial charge in [-0.05, 0) is 54.9 Å². The van der Waals surface area contributed by atoms with E-state index in [0.717, 1.165) is 31.4 Å². The van der Waals surface area contributed by atoms with Crippen molar-refractivity contribution < 1.29 is 24.4 Å². The van der Waals surface area contributed by atoms with Crippen molar-refractivity contribution in [3.63, 3.8) is 0 Å². The number of hydrogen-bond donors (Lipinski definition) is 2. The Bertz CT molecular complexity index is 1040. The Morgan fingerprint density at radius 1 is 1.02 bits per heavy atom. The van der Waals surface area contributed by atoms with Crippen molar-refractivity contribution in [1.82, 2.24) is 20.2 Å². The molecule has 0 radical (unpaired) electrons. The molecule has 2 aliphatic rings. The smallest absolute Gasteiger partial charge is 0.253 e. The highest BCUT2D eigenvalue weighted by Crippen LogP contribution is 2.31. The van der Waals surface area contributed by atoms with E-state index in [2.05, 4.69) is 5.32 Å². The van der Waals surface area contributed by atoms with Gasteiger partial charge in [0.15, 0.2) is 0 Å². The summed E-state index contributed by atoms with van der Waals surface area (Å²) in [5.41, 5.74) is 1.12. The van der Waals surface area contributed by atoms with Crippen LogP contribution >= 0.6 is 0 Å². The molecule has 1 saturated heterocycles. The second-order valence-corrected chi connectivity index (χ2v) is 13.0. The molecule has 1 aromatic carbocycles. The topological polar surface area (TPSA) is 114 Å². The number of benzene rings is 1. The van der Waals surface area contributed by atoms with Gasteiger partial charge in [0.1, 0.15) is 6.04 Å². The summed E-state index contributed by atoms with van der Waals surface area (Å²) in [7, 11) is 5.69. The van der Waals surface area contributed by atoms with Crippen LogP contribution in [0.3, 0.4) is 0 Å². The normalized spacial score (nSPS) is 18.0. The van der Waals surface area contributed by atoms with Crippen molar-refractivity contribution in [2.45, 2.75) is 77.8 Å². The lowest BCUT2D eigenvalue weighted by Gasteiger charge is -2.40. The molecule has 2 fully saturated rings. The first kappa shape index (κ1) is 32.4. The lowest BCUT2D eigenvalue weighted by atomic mass is 9.84. The Balaban J connectivity index is 1.63. The van der Waals surface area contributed by atoms with Gasteiger partial charge in [0.2, 0.25) is 18.2 Å². The molecule has 1 aliphatic carbocycles. The molecule has 0 bridgehead atoms. The monoisotopic (exact) mass is 571 g/mol. The molecule has 2 N–H and O–H groups in total. The number of piperidine rings is 1. The average molecular weight is 572 g/mol. The van der Waals surface area contributed by atoms with Crippen LogP contribution in [0.25, 0.3) is 0 Å². The van der Waals surface area contributed by atoms with Gasteiger partial charge in [-0.15, -0.1) is 0 Å². The number of carbonyl (C=O) groups is 4. The van der Waals surface area contributed by atoms with Crippen LogP contribution in [0.15, 0.2) is 24.3 Å². The van der Waals surface area contributed by atoms with E-state index in [1.807, 2.05) is 68.9 Å². The summed E-state index contributed by atoms with van der Waals surface area (Å²) < 4.78 is 0. The summed E-state index contributed by atoms with van der Waals surface area (Å²) in [5.74, 6) is -0.733. The fraction of sp³-hybridized carbons (Fsp3) is 0.677. The SMILES string of the molecule is CN(C)c1ccc(C(=O)N2CCC(N(C)C(=O)C(NC(=O)C(CC3CCCC3)CN(O)C=O)C(C)(C)C)CC2)cc1. The van der Waals surface area contributed by atoms with Crippen LogP contribution in [-0.4, -0.2) is 97.1 Å². The van der Waals surface area contributed by atoms with Gasteiger partial charge in [-0.2, -0.15) is 0 Å². The van der Waals surface area contributed by atoms with Crippen LogP contribution in [-0.2, 0) is 14.4 Å². The third-order valence-electron chi connectivity index (χ3n) is 8.67. The number of carbonyl (C=O) groups excluding carboxylic acids is 4. The average Bonchev–Trinajstić information content (AvgIpc) is 3.47. The molecule has 2 atom stereocenters. The molecule has 10 heteroatoms. The zero-order valence-electron chi connectivity index (χ0n) is 25.6. The maximum atomic E-state index is 13.8.